The van der Waals surface area contributed by atoms with E-state index in [2.05, 4.69) is 13.1 Å². The molecule has 18 heteroatoms. The van der Waals surface area contributed by atoms with Gasteiger partial charge in [-0.05, 0) is 12.1 Å². The van der Waals surface area contributed by atoms with E-state index in [4.69, 9.17) is 14.4 Å². The second kappa shape index (κ2) is 10.6. The Bertz CT molecular complexity index is 998. The molecule has 4 unspecified atom stereocenters. The van der Waals surface area contributed by atoms with Crippen LogP contribution in [0.4, 0.5) is 5.69 Å². The molecule has 1 aromatic rings. The van der Waals surface area contributed by atoms with Crippen molar-refractivity contribution >= 4 is 34.8 Å². The fourth-order valence-corrected chi connectivity index (χ4v) is 6.24. The van der Waals surface area contributed by atoms with Crippen LogP contribution in [0, 0.1) is 0 Å². The van der Waals surface area contributed by atoms with Gasteiger partial charge < -0.3 is 39.3 Å². The molecule has 5 N–H and O–H groups in total. The van der Waals surface area contributed by atoms with Gasteiger partial charge >= 0.3 is 23.2 Å². The van der Waals surface area contributed by atoms with Crippen LogP contribution in [-0.4, -0.2) is 82.6 Å². The molecule has 1 amide bonds. The zero-order chi connectivity index (χ0) is 25.2. The van der Waals surface area contributed by atoms with Crippen LogP contribution in [0.3, 0.4) is 0 Å². The van der Waals surface area contributed by atoms with Gasteiger partial charge in [-0.2, -0.15) is 4.31 Å². The smallest absolute Gasteiger partial charge is 0.488 e. The molecule has 1 aliphatic heterocycles. The second-order valence-electron chi connectivity index (χ2n) is 6.87. The van der Waals surface area contributed by atoms with Crippen LogP contribution in [0.25, 0.3) is 0 Å². The maximum absolute atomic E-state index is 12.8. The van der Waals surface area contributed by atoms with E-state index in [1.807, 2.05) is 0 Å². The van der Waals surface area contributed by atoms with E-state index in [9.17, 15) is 38.5 Å². The highest BCUT2D eigenvalue weighted by Gasteiger charge is 2.49. The standard InChI is InChI=1S/C15H24NO14P3/c1-16(9-5-4-6-10(7-9)26-2)15(19)14-13(18)12(17)11(28-14)8-27-32(22,23)30-33(24,25)29-31(3,20)21/h4-7,11-14,17-18H,8H2,1-3H3,(H,20,21)(H,22,23)(H,24,25)/t11-,12-,13-,14?/m1/s1. The Labute approximate surface area is 188 Å². The Morgan fingerprint density at radius 3 is 2.30 bits per heavy atom. The molecule has 188 valence electrons. The Morgan fingerprint density at radius 2 is 1.73 bits per heavy atom. The largest absolute Gasteiger partial charge is 0.497 e. The number of carbonyl (C=O) groups is 1. The Balaban J connectivity index is 2.03. The number of hydrogen-bond donors (Lipinski definition) is 5. The van der Waals surface area contributed by atoms with Crippen LogP contribution in [0.5, 0.6) is 5.75 Å². The van der Waals surface area contributed by atoms with Crippen LogP contribution < -0.4 is 9.64 Å². The predicted octanol–water partition coefficient (Wildman–Crippen LogP) is 0.213. The first kappa shape index (κ1) is 28.1. The summed E-state index contributed by atoms with van der Waals surface area (Å²) in [6.07, 6.45) is -6.60. The Kier molecular flexibility index (Phi) is 9.02. The maximum Gasteiger partial charge on any atom is 0.488 e. The summed E-state index contributed by atoms with van der Waals surface area (Å²) in [5.41, 5.74) is 0.383. The van der Waals surface area contributed by atoms with E-state index in [1.54, 1.807) is 18.2 Å². The van der Waals surface area contributed by atoms with E-state index >= 15 is 0 Å². The number of amides is 1. The molecule has 0 bridgehead atoms. The van der Waals surface area contributed by atoms with Gasteiger partial charge in [-0.15, -0.1) is 0 Å². The molecule has 1 aromatic carbocycles. The van der Waals surface area contributed by atoms with Gasteiger partial charge in [0.05, 0.1) is 13.7 Å². The molecular formula is C15H24NO14P3. The summed E-state index contributed by atoms with van der Waals surface area (Å²) in [5.74, 6) is -0.313. The fourth-order valence-electron chi connectivity index (χ4n) is 2.76. The molecule has 7 atom stereocenters. The van der Waals surface area contributed by atoms with Gasteiger partial charge in [0, 0.05) is 25.5 Å². The number of aliphatic hydroxyl groups excluding tert-OH is 2. The number of carbonyl (C=O) groups excluding carboxylic acids is 1. The van der Waals surface area contributed by atoms with Gasteiger partial charge in [0.25, 0.3) is 5.91 Å². The lowest BCUT2D eigenvalue weighted by molar-refractivity contribution is -0.133. The highest BCUT2D eigenvalue weighted by atomic mass is 31.3. The number of anilines is 1. The zero-order valence-electron chi connectivity index (χ0n) is 17.5. The number of methoxy groups -OCH3 is 1. The van der Waals surface area contributed by atoms with Crippen molar-refractivity contribution in [1.82, 2.24) is 0 Å². The Morgan fingerprint density at radius 1 is 1.09 bits per heavy atom. The van der Waals surface area contributed by atoms with Crippen molar-refractivity contribution in [2.45, 2.75) is 24.4 Å². The first-order valence-electron chi connectivity index (χ1n) is 9.01. The van der Waals surface area contributed by atoms with Crippen molar-refractivity contribution in [3.05, 3.63) is 24.3 Å². The minimum Gasteiger partial charge on any atom is -0.497 e. The minimum atomic E-state index is -5.48. The summed E-state index contributed by atoms with van der Waals surface area (Å²) < 4.78 is 56.9. The number of nitrogens with zero attached hydrogens (tertiary/aromatic N) is 1. The molecule has 1 fully saturated rings. The van der Waals surface area contributed by atoms with Crippen molar-refractivity contribution in [3.8, 4) is 5.75 Å². The van der Waals surface area contributed by atoms with Crippen molar-refractivity contribution in [2.24, 2.45) is 0 Å². The van der Waals surface area contributed by atoms with Crippen molar-refractivity contribution in [1.29, 1.82) is 0 Å². The number of rotatable bonds is 10. The third-order valence-electron chi connectivity index (χ3n) is 4.24. The molecule has 0 spiro atoms. The van der Waals surface area contributed by atoms with Crippen LogP contribution in [0.2, 0.25) is 0 Å². The van der Waals surface area contributed by atoms with Crippen molar-refractivity contribution < 1.29 is 66.0 Å². The molecule has 0 radical (unpaired) electrons. The molecule has 1 saturated heterocycles. The number of phosphoric ester groups is 1. The highest BCUT2D eigenvalue weighted by Crippen LogP contribution is 2.66. The number of phosphoric acid groups is 2. The van der Waals surface area contributed by atoms with Gasteiger partial charge in [0.15, 0.2) is 6.10 Å². The minimum absolute atomic E-state index is 0.383. The molecule has 0 aliphatic carbocycles. The quantitative estimate of drug-likeness (QED) is 0.253. The molecular weight excluding hydrogens is 511 g/mol. The summed E-state index contributed by atoms with van der Waals surface area (Å²) in [7, 11) is -12.6. The molecule has 0 aromatic heterocycles. The predicted molar refractivity (Wildman–Crippen MR) is 111 cm³/mol. The third kappa shape index (κ3) is 7.93. The molecule has 15 nitrogen and oxygen atoms in total. The Hall–Kier alpha value is -1.18. The van der Waals surface area contributed by atoms with E-state index in [1.165, 1.54) is 20.2 Å². The number of benzene rings is 1. The van der Waals surface area contributed by atoms with Crippen molar-refractivity contribution in [3.63, 3.8) is 0 Å². The average molecular weight is 535 g/mol. The van der Waals surface area contributed by atoms with Gasteiger partial charge in [-0.1, -0.05) is 6.07 Å². The van der Waals surface area contributed by atoms with Crippen LogP contribution in [0.15, 0.2) is 24.3 Å². The molecule has 1 heterocycles. The molecule has 2 rings (SSSR count). The van der Waals surface area contributed by atoms with Crippen LogP contribution in [-0.2, 0) is 36.4 Å². The molecule has 33 heavy (non-hydrogen) atoms. The molecule has 0 saturated carbocycles. The van der Waals surface area contributed by atoms with Gasteiger partial charge in [-0.3, -0.25) is 13.9 Å². The van der Waals surface area contributed by atoms with Crippen LogP contribution >= 0.6 is 23.2 Å². The lowest BCUT2D eigenvalue weighted by Gasteiger charge is -2.23. The number of hydrogen-bond acceptors (Lipinski definition) is 11. The van der Waals surface area contributed by atoms with E-state index < -0.39 is 60.2 Å². The first-order chi connectivity index (χ1) is 15.1. The van der Waals surface area contributed by atoms with Crippen molar-refractivity contribution in [2.75, 3.05) is 32.3 Å². The molecule has 1 aliphatic rings. The summed E-state index contributed by atoms with van der Waals surface area (Å²) >= 11 is 0. The lowest BCUT2D eigenvalue weighted by Crippen LogP contribution is -2.43. The second-order valence-corrected chi connectivity index (χ2v) is 11.9. The summed E-state index contributed by atoms with van der Waals surface area (Å²) in [4.78, 5) is 41.7. The average Bonchev–Trinajstić information content (AvgIpc) is 2.97. The monoisotopic (exact) mass is 535 g/mol. The topological polar surface area (TPSA) is 219 Å². The summed E-state index contributed by atoms with van der Waals surface area (Å²) in [6, 6.07) is 6.37. The number of ether oxygens (including phenoxy) is 2. The number of likely N-dealkylation sites (N-methyl/N-ethyl adjacent to an activating group) is 1. The van der Waals surface area contributed by atoms with Gasteiger partial charge in [0.2, 0.25) is 0 Å². The van der Waals surface area contributed by atoms with Gasteiger partial charge in [-0.25, -0.2) is 13.4 Å². The zero-order valence-corrected chi connectivity index (χ0v) is 20.2. The first-order valence-corrected chi connectivity index (χ1v) is 14.0. The third-order valence-corrected chi connectivity index (χ3v) is 8.40. The summed E-state index contributed by atoms with van der Waals surface area (Å²) in [5, 5.41) is 20.3. The normalized spacial score (nSPS) is 28.4. The van der Waals surface area contributed by atoms with E-state index in [-0.39, 0.29) is 0 Å². The lowest BCUT2D eigenvalue weighted by atomic mass is 10.1. The van der Waals surface area contributed by atoms with E-state index in [0.717, 1.165) is 4.90 Å². The summed E-state index contributed by atoms with van der Waals surface area (Å²) in [6.45, 7) is -0.437. The number of aliphatic hydroxyl groups is 2. The van der Waals surface area contributed by atoms with Crippen LogP contribution in [0.1, 0.15) is 0 Å². The highest BCUT2D eigenvalue weighted by molar-refractivity contribution is 7.68. The van der Waals surface area contributed by atoms with E-state index in [0.29, 0.717) is 18.1 Å². The van der Waals surface area contributed by atoms with Gasteiger partial charge in [0.1, 0.15) is 24.1 Å². The SMILES string of the molecule is COc1cccc(N(C)C(=O)C2O[C@H](COP(=O)(O)OP(=O)(O)OP(C)(=O)O)[C@@H](O)[C@H]2O)c1. The maximum atomic E-state index is 12.8. The fraction of sp³-hybridized carbons (Fsp3) is 0.533.